The van der Waals surface area contributed by atoms with Crippen molar-refractivity contribution in [3.05, 3.63) is 39.7 Å². The Morgan fingerprint density at radius 1 is 1.50 bits per heavy atom. The highest BCUT2D eigenvalue weighted by Crippen LogP contribution is 2.19. The van der Waals surface area contributed by atoms with Gasteiger partial charge in [-0.2, -0.15) is 0 Å². The van der Waals surface area contributed by atoms with Crippen molar-refractivity contribution in [3.8, 4) is 0 Å². The fraction of sp³-hybridized carbons (Fsp3) is 0.364. The third-order valence-electron chi connectivity index (χ3n) is 2.24. The highest BCUT2D eigenvalue weighted by molar-refractivity contribution is 5.98. The van der Waals surface area contributed by atoms with E-state index in [4.69, 9.17) is 0 Å². The van der Waals surface area contributed by atoms with Crippen LogP contribution >= 0.6 is 0 Å². The third-order valence-corrected chi connectivity index (χ3v) is 2.24. The molecule has 0 saturated carbocycles. The minimum Gasteiger partial charge on any atom is -0.351 e. The fourth-order valence-electron chi connectivity index (χ4n) is 1.34. The lowest BCUT2D eigenvalue weighted by atomic mass is 10.1. The lowest BCUT2D eigenvalue weighted by molar-refractivity contribution is -0.385. The van der Waals surface area contributed by atoms with Gasteiger partial charge in [0, 0.05) is 19.2 Å². The van der Waals surface area contributed by atoms with Crippen LogP contribution in [0, 0.1) is 15.9 Å². The number of nitrogens with one attached hydrogen (secondary N) is 1. The van der Waals surface area contributed by atoms with Crippen molar-refractivity contribution in [3.63, 3.8) is 0 Å². The first-order chi connectivity index (χ1) is 8.41. The van der Waals surface area contributed by atoms with E-state index in [0.29, 0.717) is 13.1 Å². The molecule has 0 aliphatic rings. The van der Waals surface area contributed by atoms with Crippen molar-refractivity contribution in [2.24, 2.45) is 0 Å². The average molecular weight is 255 g/mol. The Bertz CT molecular complexity index is 463. The molecule has 0 fully saturated rings. The second-order valence-electron chi connectivity index (χ2n) is 3.98. The van der Waals surface area contributed by atoms with E-state index >= 15 is 0 Å². The summed E-state index contributed by atoms with van der Waals surface area (Å²) < 4.78 is 13.0. The van der Waals surface area contributed by atoms with Gasteiger partial charge in [-0.15, -0.1) is 0 Å². The van der Waals surface area contributed by atoms with Gasteiger partial charge in [0.15, 0.2) is 0 Å². The Morgan fingerprint density at radius 2 is 2.17 bits per heavy atom. The van der Waals surface area contributed by atoms with Crippen molar-refractivity contribution in [2.45, 2.75) is 0 Å². The predicted octanol–water partition coefficient (Wildman–Crippen LogP) is 1.03. The molecule has 1 N–H and O–H groups in total. The van der Waals surface area contributed by atoms with E-state index in [1.807, 2.05) is 19.0 Å². The van der Waals surface area contributed by atoms with Crippen molar-refractivity contribution >= 4 is 11.6 Å². The molecule has 0 atom stereocenters. The number of carbonyl (C=O) groups is 1. The van der Waals surface area contributed by atoms with E-state index in [0.717, 1.165) is 18.2 Å². The molecule has 7 heteroatoms. The summed E-state index contributed by atoms with van der Waals surface area (Å²) in [7, 11) is 3.66. The Balaban J connectivity index is 2.84. The number of nitro groups is 1. The topological polar surface area (TPSA) is 75.5 Å². The SMILES string of the molecule is CN(C)CCNC(=O)c1cc(F)ccc1[N+](=O)[O-]. The average Bonchev–Trinajstić information content (AvgIpc) is 2.27. The number of rotatable bonds is 5. The zero-order valence-corrected chi connectivity index (χ0v) is 10.1. The van der Waals surface area contributed by atoms with Gasteiger partial charge in [-0.05, 0) is 26.2 Å². The number of halogens is 1. The van der Waals surface area contributed by atoms with Gasteiger partial charge < -0.3 is 10.2 Å². The van der Waals surface area contributed by atoms with Crippen LogP contribution in [0.1, 0.15) is 10.4 Å². The maximum Gasteiger partial charge on any atom is 0.282 e. The maximum atomic E-state index is 13.0. The number of likely N-dealkylation sites (N-methyl/N-ethyl adjacent to an activating group) is 1. The van der Waals surface area contributed by atoms with Gasteiger partial charge in [0.1, 0.15) is 11.4 Å². The van der Waals surface area contributed by atoms with Crippen molar-refractivity contribution in [2.75, 3.05) is 27.2 Å². The molecule has 6 nitrogen and oxygen atoms in total. The van der Waals surface area contributed by atoms with E-state index in [2.05, 4.69) is 5.32 Å². The molecule has 0 unspecified atom stereocenters. The predicted molar refractivity (Wildman–Crippen MR) is 63.9 cm³/mol. The smallest absolute Gasteiger partial charge is 0.282 e. The number of nitro benzene ring substituents is 1. The van der Waals surface area contributed by atoms with Crippen LogP contribution in [0.4, 0.5) is 10.1 Å². The summed E-state index contributed by atoms with van der Waals surface area (Å²) in [5.41, 5.74) is -0.669. The number of hydrogen-bond donors (Lipinski definition) is 1. The van der Waals surface area contributed by atoms with Gasteiger partial charge in [-0.3, -0.25) is 14.9 Å². The normalized spacial score (nSPS) is 10.4. The summed E-state index contributed by atoms with van der Waals surface area (Å²) in [5.74, 6) is -1.33. The first-order valence-corrected chi connectivity index (χ1v) is 5.28. The second kappa shape index (κ2) is 6.06. The van der Waals surface area contributed by atoms with Gasteiger partial charge >= 0.3 is 0 Å². The van der Waals surface area contributed by atoms with Gasteiger partial charge in [0.25, 0.3) is 11.6 Å². The summed E-state index contributed by atoms with van der Waals surface area (Å²) >= 11 is 0. The summed E-state index contributed by atoms with van der Waals surface area (Å²) in [5, 5.41) is 13.2. The molecule has 98 valence electrons. The molecule has 1 amide bonds. The van der Waals surface area contributed by atoms with Crippen LogP contribution in [0.2, 0.25) is 0 Å². The lowest BCUT2D eigenvalue weighted by Gasteiger charge is -2.10. The number of nitrogens with zero attached hydrogens (tertiary/aromatic N) is 2. The molecule has 1 rings (SSSR count). The molecule has 1 aromatic rings. The molecule has 1 aromatic carbocycles. The Morgan fingerprint density at radius 3 is 2.72 bits per heavy atom. The van der Waals surface area contributed by atoms with E-state index in [1.165, 1.54) is 0 Å². The zero-order chi connectivity index (χ0) is 13.7. The highest BCUT2D eigenvalue weighted by Gasteiger charge is 2.20. The molecule has 0 aromatic heterocycles. The first-order valence-electron chi connectivity index (χ1n) is 5.28. The van der Waals surface area contributed by atoms with Crippen LogP contribution in [-0.2, 0) is 0 Å². The van der Waals surface area contributed by atoms with Crippen LogP contribution in [0.3, 0.4) is 0 Å². The van der Waals surface area contributed by atoms with E-state index in [9.17, 15) is 19.3 Å². The van der Waals surface area contributed by atoms with E-state index in [1.54, 1.807) is 0 Å². The molecule has 0 radical (unpaired) electrons. The van der Waals surface area contributed by atoms with Gasteiger partial charge in [-0.1, -0.05) is 0 Å². The van der Waals surface area contributed by atoms with E-state index in [-0.39, 0.29) is 5.56 Å². The highest BCUT2D eigenvalue weighted by atomic mass is 19.1. The molecule has 18 heavy (non-hydrogen) atoms. The van der Waals surface area contributed by atoms with Gasteiger partial charge in [0.05, 0.1) is 4.92 Å². The van der Waals surface area contributed by atoms with Gasteiger partial charge in [-0.25, -0.2) is 4.39 Å². The molecular weight excluding hydrogens is 241 g/mol. The largest absolute Gasteiger partial charge is 0.351 e. The summed E-state index contributed by atoms with van der Waals surface area (Å²) in [6.07, 6.45) is 0. The molecule has 0 spiro atoms. The van der Waals surface area contributed by atoms with Crippen LogP contribution < -0.4 is 5.32 Å². The molecule has 0 bridgehead atoms. The monoisotopic (exact) mass is 255 g/mol. The quantitative estimate of drug-likeness (QED) is 0.629. The maximum absolute atomic E-state index is 13.0. The second-order valence-corrected chi connectivity index (χ2v) is 3.98. The molecule has 0 heterocycles. The first kappa shape index (κ1) is 14.0. The van der Waals surface area contributed by atoms with Crippen LogP contribution in [-0.4, -0.2) is 42.9 Å². The Kier molecular flexibility index (Phi) is 4.73. The van der Waals surface area contributed by atoms with Crippen molar-refractivity contribution in [1.82, 2.24) is 10.2 Å². The van der Waals surface area contributed by atoms with Crippen LogP contribution in [0.25, 0.3) is 0 Å². The molecular formula is C11H14FN3O3. The molecule has 0 aliphatic carbocycles. The number of benzene rings is 1. The summed E-state index contributed by atoms with van der Waals surface area (Å²) in [4.78, 5) is 23.6. The van der Waals surface area contributed by atoms with Crippen LogP contribution in [0.5, 0.6) is 0 Å². The zero-order valence-electron chi connectivity index (χ0n) is 10.1. The molecule has 0 saturated heterocycles. The fourth-order valence-corrected chi connectivity index (χ4v) is 1.34. The standard InChI is InChI=1S/C11H14FN3O3/c1-14(2)6-5-13-11(16)9-7-8(12)3-4-10(9)15(17)18/h3-4,7H,5-6H2,1-2H3,(H,13,16). The minimum absolute atomic E-state index is 0.265. The number of carbonyl (C=O) groups excluding carboxylic acids is 1. The Hall–Kier alpha value is -2.02. The third kappa shape index (κ3) is 3.77. The van der Waals surface area contributed by atoms with E-state index < -0.39 is 22.3 Å². The summed E-state index contributed by atoms with van der Waals surface area (Å²) in [6.45, 7) is 0.925. The molecule has 0 aliphatic heterocycles. The number of hydrogen-bond acceptors (Lipinski definition) is 4. The van der Waals surface area contributed by atoms with Crippen molar-refractivity contribution < 1.29 is 14.1 Å². The Labute approximate surface area is 104 Å². The van der Waals surface area contributed by atoms with Gasteiger partial charge in [0.2, 0.25) is 0 Å². The summed E-state index contributed by atoms with van der Waals surface area (Å²) in [6, 6.07) is 2.80. The minimum atomic E-state index is -0.708. The van der Waals surface area contributed by atoms with Crippen LogP contribution in [0.15, 0.2) is 18.2 Å². The number of amides is 1. The van der Waals surface area contributed by atoms with Crippen molar-refractivity contribution in [1.29, 1.82) is 0 Å². The lowest BCUT2D eigenvalue weighted by Crippen LogP contribution is -2.31.